The Bertz CT molecular complexity index is 407. The number of nitrogens with zero attached hydrogens (tertiary/aromatic N) is 1. The number of carboxylic acids is 1. The molecule has 3 N–H and O–H groups in total. The van der Waals surface area contributed by atoms with Gasteiger partial charge in [0.25, 0.3) is 0 Å². The highest BCUT2D eigenvalue weighted by Crippen LogP contribution is 2.25. The summed E-state index contributed by atoms with van der Waals surface area (Å²) in [6, 6.07) is 4.48. The van der Waals surface area contributed by atoms with Crippen LogP contribution in [0.5, 0.6) is 5.75 Å². The van der Waals surface area contributed by atoms with Gasteiger partial charge in [-0.3, -0.25) is 14.9 Å². The number of hydrogen-bond donors (Lipinski definition) is 2. The van der Waals surface area contributed by atoms with E-state index in [0.29, 0.717) is 0 Å². The van der Waals surface area contributed by atoms with Gasteiger partial charge >= 0.3 is 11.7 Å². The standard InChI is InChI=1S/C9H10N2O5/c10-6(9(12)13)5-16-8-4-2-1-3-7(8)11(14)15/h1-4,6H,5,10H2,(H,12,13)/t6-/m0/s1. The first kappa shape index (κ1) is 11.9. The number of hydrogen-bond acceptors (Lipinski definition) is 5. The number of para-hydroxylation sites is 2. The number of ether oxygens (including phenoxy) is 1. The minimum atomic E-state index is -1.22. The van der Waals surface area contributed by atoms with Crippen LogP contribution in [0.3, 0.4) is 0 Å². The van der Waals surface area contributed by atoms with Gasteiger partial charge in [-0.2, -0.15) is 0 Å². The molecule has 0 bridgehead atoms. The second-order valence-corrected chi connectivity index (χ2v) is 2.98. The van der Waals surface area contributed by atoms with Crippen LogP contribution in [0.2, 0.25) is 0 Å². The summed E-state index contributed by atoms with van der Waals surface area (Å²) < 4.78 is 4.97. The van der Waals surface area contributed by atoms with E-state index >= 15 is 0 Å². The van der Waals surface area contributed by atoms with Gasteiger partial charge < -0.3 is 15.6 Å². The number of benzene rings is 1. The lowest BCUT2D eigenvalue weighted by Crippen LogP contribution is -2.36. The molecule has 1 atom stereocenters. The molecule has 0 aliphatic carbocycles. The van der Waals surface area contributed by atoms with Crippen molar-refractivity contribution < 1.29 is 19.6 Å². The van der Waals surface area contributed by atoms with Crippen molar-refractivity contribution in [1.29, 1.82) is 0 Å². The SMILES string of the molecule is N[C@@H](COc1ccccc1[N+](=O)[O-])C(=O)O. The summed E-state index contributed by atoms with van der Waals surface area (Å²) in [6.07, 6.45) is 0. The first-order chi connectivity index (χ1) is 7.52. The van der Waals surface area contributed by atoms with Gasteiger partial charge in [0.05, 0.1) is 4.92 Å². The molecule has 0 aromatic heterocycles. The molecule has 0 heterocycles. The van der Waals surface area contributed by atoms with Crippen molar-refractivity contribution >= 4 is 11.7 Å². The fraction of sp³-hybridized carbons (Fsp3) is 0.222. The minimum Gasteiger partial charge on any atom is -0.485 e. The zero-order chi connectivity index (χ0) is 12.1. The van der Waals surface area contributed by atoms with E-state index in [1.54, 1.807) is 6.07 Å². The van der Waals surface area contributed by atoms with Gasteiger partial charge in [-0.1, -0.05) is 12.1 Å². The normalized spacial score (nSPS) is 11.8. The van der Waals surface area contributed by atoms with Crippen LogP contribution in [-0.2, 0) is 4.79 Å². The molecular formula is C9H10N2O5. The van der Waals surface area contributed by atoms with E-state index in [4.69, 9.17) is 15.6 Å². The van der Waals surface area contributed by atoms with Crippen LogP contribution in [-0.4, -0.2) is 28.6 Å². The molecule has 0 radical (unpaired) electrons. The van der Waals surface area contributed by atoms with Crippen LogP contribution in [0.15, 0.2) is 24.3 Å². The molecule has 0 aliphatic rings. The van der Waals surface area contributed by atoms with E-state index in [0.717, 1.165) is 0 Å². The van der Waals surface area contributed by atoms with Crippen molar-refractivity contribution in [2.75, 3.05) is 6.61 Å². The third-order valence-corrected chi connectivity index (χ3v) is 1.80. The molecule has 1 aromatic rings. The minimum absolute atomic E-state index is 0.00389. The van der Waals surface area contributed by atoms with Crippen LogP contribution in [0.1, 0.15) is 0 Å². The van der Waals surface area contributed by atoms with Gasteiger partial charge in [-0.25, -0.2) is 0 Å². The summed E-state index contributed by atoms with van der Waals surface area (Å²) >= 11 is 0. The van der Waals surface area contributed by atoms with E-state index in [1.807, 2.05) is 0 Å². The van der Waals surface area contributed by atoms with Crippen molar-refractivity contribution in [3.05, 3.63) is 34.4 Å². The number of nitro benzene ring substituents is 1. The van der Waals surface area contributed by atoms with E-state index in [9.17, 15) is 14.9 Å². The largest absolute Gasteiger partial charge is 0.485 e. The molecule has 1 rings (SSSR count). The van der Waals surface area contributed by atoms with Crippen LogP contribution < -0.4 is 10.5 Å². The Labute approximate surface area is 90.6 Å². The second-order valence-electron chi connectivity index (χ2n) is 2.98. The molecule has 0 aliphatic heterocycles. The van der Waals surface area contributed by atoms with Gasteiger partial charge in [0, 0.05) is 6.07 Å². The maximum atomic E-state index is 10.6. The van der Waals surface area contributed by atoms with Crippen molar-refractivity contribution in [2.24, 2.45) is 5.73 Å². The zero-order valence-electron chi connectivity index (χ0n) is 8.20. The van der Waals surface area contributed by atoms with Crippen molar-refractivity contribution in [3.8, 4) is 5.75 Å². The quantitative estimate of drug-likeness (QED) is 0.554. The zero-order valence-corrected chi connectivity index (χ0v) is 8.20. The summed E-state index contributed by atoms with van der Waals surface area (Å²) in [6.45, 7) is -0.319. The van der Waals surface area contributed by atoms with Crippen molar-refractivity contribution in [3.63, 3.8) is 0 Å². The van der Waals surface area contributed by atoms with E-state index in [-0.39, 0.29) is 18.0 Å². The molecule has 0 fully saturated rings. The molecule has 0 saturated carbocycles. The highest BCUT2D eigenvalue weighted by Gasteiger charge is 2.17. The Kier molecular flexibility index (Phi) is 3.78. The molecule has 86 valence electrons. The van der Waals surface area contributed by atoms with Gasteiger partial charge in [0.2, 0.25) is 0 Å². The van der Waals surface area contributed by atoms with Gasteiger partial charge in [0.15, 0.2) is 5.75 Å². The highest BCUT2D eigenvalue weighted by atomic mass is 16.6. The van der Waals surface area contributed by atoms with E-state index < -0.39 is 16.9 Å². The lowest BCUT2D eigenvalue weighted by atomic mass is 10.3. The summed E-state index contributed by atoms with van der Waals surface area (Å²) in [5.74, 6) is -1.22. The molecule has 16 heavy (non-hydrogen) atoms. The first-order valence-corrected chi connectivity index (χ1v) is 4.37. The smallest absolute Gasteiger partial charge is 0.324 e. The van der Waals surface area contributed by atoms with E-state index in [1.165, 1.54) is 18.2 Å². The molecule has 0 amide bonds. The summed E-state index contributed by atoms with van der Waals surface area (Å²) in [5, 5.41) is 19.1. The number of aliphatic carboxylic acids is 1. The van der Waals surface area contributed by atoms with Gasteiger partial charge in [-0.05, 0) is 6.07 Å². The highest BCUT2D eigenvalue weighted by molar-refractivity contribution is 5.73. The maximum absolute atomic E-state index is 10.6. The van der Waals surface area contributed by atoms with Gasteiger partial charge in [-0.15, -0.1) is 0 Å². The lowest BCUT2D eigenvalue weighted by Gasteiger charge is -2.09. The number of carbonyl (C=O) groups is 1. The predicted octanol–water partition coefficient (Wildman–Crippen LogP) is 0.385. The monoisotopic (exact) mass is 226 g/mol. The fourth-order valence-electron chi connectivity index (χ4n) is 0.981. The third kappa shape index (κ3) is 2.92. The average Bonchev–Trinajstić information content (AvgIpc) is 2.25. The van der Waals surface area contributed by atoms with Gasteiger partial charge in [0.1, 0.15) is 12.6 Å². The Morgan fingerprint density at radius 2 is 2.19 bits per heavy atom. The Morgan fingerprint density at radius 3 is 2.75 bits per heavy atom. The number of rotatable bonds is 5. The first-order valence-electron chi connectivity index (χ1n) is 4.37. The summed E-state index contributed by atoms with van der Waals surface area (Å²) in [7, 11) is 0. The summed E-state index contributed by atoms with van der Waals surface area (Å²) in [5.41, 5.74) is 4.97. The number of nitrogens with two attached hydrogens (primary N) is 1. The molecule has 0 saturated heterocycles. The van der Waals surface area contributed by atoms with Crippen molar-refractivity contribution in [2.45, 2.75) is 6.04 Å². The number of nitro groups is 1. The van der Waals surface area contributed by atoms with Crippen LogP contribution in [0.4, 0.5) is 5.69 Å². The Hall–Kier alpha value is -2.15. The van der Waals surface area contributed by atoms with E-state index in [2.05, 4.69) is 0 Å². The van der Waals surface area contributed by atoms with Crippen LogP contribution in [0, 0.1) is 10.1 Å². The predicted molar refractivity (Wildman–Crippen MR) is 54.2 cm³/mol. The molecule has 7 nitrogen and oxygen atoms in total. The number of carboxylic acid groups (broad SMARTS) is 1. The second kappa shape index (κ2) is 5.08. The fourth-order valence-corrected chi connectivity index (χ4v) is 0.981. The molecule has 0 unspecified atom stereocenters. The van der Waals surface area contributed by atoms with Crippen LogP contribution in [0.25, 0.3) is 0 Å². The Balaban J connectivity index is 2.74. The van der Waals surface area contributed by atoms with Crippen molar-refractivity contribution in [1.82, 2.24) is 0 Å². The molecule has 0 spiro atoms. The summed E-state index contributed by atoms with van der Waals surface area (Å²) in [4.78, 5) is 20.4. The molecule has 1 aromatic carbocycles. The van der Waals surface area contributed by atoms with Crippen LogP contribution >= 0.6 is 0 Å². The molecule has 7 heteroatoms. The Morgan fingerprint density at radius 1 is 1.56 bits per heavy atom. The maximum Gasteiger partial charge on any atom is 0.324 e. The lowest BCUT2D eigenvalue weighted by molar-refractivity contribution is -0.385. The average molecular weight is 226 g/mol. The molecular weight excluding hydrogens is 216 g/mol. The third-order valence-electron chi connectivity index (χ3n) is 1.80. The topological polar surface area (TPSA) is 116 Å².